The summed E-state index contributed by atoms with van der Waals surface area (Å²) in [7, 11) is 0. The van der Waals surface area contributed by atoms with E-state index in [1.54, 1.807) is 0 Å². The normalized spacial score (nSPS) is 10.8. The van der Waals surface area contributed by atoms with Gasteiger partial charge in [-0.25, -0.2) is 0 Å². The lowest BCUT2D eigenvalue weighted by Crippen LogP contribution is -1.81. The summed E-state index contributed by atoms with van der Waals surface area (Å²) in [4.78, 5) is 0. The maximum absolute atomic E-state index is 8.61. The van der Waals surface area contributed by atoms with Crippen molar-refractivity contribution in [2.45, 2.75) is 194 Å². The molecule has 0 aromatic heterocycles. The Morgan fingerprint density at radius 3 is 1.06 bits per heavy atom. The molecule has 0 fully saturated rings. The van der Waals surface area contributed by atoms with Gasteiger partial charge in [0.15, 0.2) is 0 Å². The first-order valence-corrected chi connectivity index (χ1v) is 16.5. The Labute approximate surface area is 229 Å². The lowest BCUT2D eigenvalue weighted by Gasteiger charge is -1.99. The lowest BCUT2D eigenvalue weighted by molar-refractivity contribution is 0.283. The van der Waals surface area contributed by atoms with E-state index in [1.807, 2.05) is 0 Å². The largest absolute Gasteiger partial charge is 0.396 e. The van der Waals surface area contributed by atoms with E-state index >= 15 is 0 Å². The average molecular weight is 505 g/mol. The number of hydrogen-bond acceptors (Lipinski definition) is 1. The third kappa shape index (κ3) is 40.4. The molecule has 1 N–H and O–H groups in total. The van der Waals surface area contributed by atoms with Crippen LogP contribution in [0.1, 0.15) is 194 Å². The molecule has 0 aromatic carbocycles. The molecule has 1 nitrogen and oxygen atoms in total. The molecular formula is C35H68O. The SMILES string of the molecule is CCCCCCCC/C=C\CCCCCO.CCCCCCCCC#CCCCCCCCCCC. The molecule has 214 valence electrons. The van der Waals surface area contributed by atoms with Crippen molar-refractivity contribution in [3.05, 3.63) is 12.2 Å². The molecular weight excluding hydrogens is 436 g/mol. The third-order valence-corrected chi connectivity index (χ3v) is 6.86. The fourth-order valence-electron chi connectivity index (χ4n) is 4.35. The van der Waals surface area contributed by atoms with E-state index in [9.17, 15) is 0 Å². The Morgan fingerprint density at radius 1 is 0.389 bits per heavy atom. The van der Waals surface area contributed by atoms with E-state index in [1.165, 1.54) is 148 Å². The summed E-state index contributed by atoms with van der Waals surface area (Å²) in [5.74, 6) is 6.69. The smallest absolute Gasteiger partial charge is 0.0431 e. The van der Waals surface area contributed by atoms with Crippen molar-refractivity contribution in [3.63, 3.8) is 0 Å². The Kier molecular flexibility index (Phi) is 40.3. The summed E-state index contributed by atoms with van der Waals surface area (Å²) >= 11 is 0. The fraction of sp³-hybridized carbons (Fsp3) is 0.886. The summed E-state index contributed by atoms with van der Waals surface area (Å²) in [6, 6.07) is 0. The van der Waals surface area contributed by atoms with Crippen molar-refractivity contribution in [1.29, 1.82) is 0 Å². The van der Waals surface area contributed by atoms with Crippen LogP contribution in [-0.4, -0.2) is 11.7 Å². The van der Waals surface area contributed by atoms with Crippen molar-refractivity contribution in [2.24, 2.45) is 0 Å². The first-order valence-electron chi connectivity index (χ1n) is 16.5. The summed E-state index contributed by atoms with van der Waals surface area (Å²) < 4.78 is 0. The number of aliphatic hydroxyl groups excluding tert-OH is 1. The summed E-state index contributed by atoms with van der Waals surface area (Å²) in [6.45, 7) is 7.17. The molecule has 0 radical (unpaired) electrons. The zero-order chi connectivity index (χ0) is 26.6. The van der Waals surface area contributed by atoms with Crippen molar-refractivity contribution >= 4 is 0 Å². The van der Waals surface area contributed by atoms with Crippen LogP contribution in [0.15, 0.2) is 12.2 Å². The number of unbranched alkanes of at least 4 members (excludes halogenated alkanes) is 23. The standard InChI is InChI=1S/C20H38.C15H30O/c1-3-5-7-9-11-13-15-17-19-20-18-16-14-12-10-8-6-4-2;1-2-3-4-5-6-7-8-9-10-11-12-13-14-15-16/h3-17,19H2,1-2H3;9-10,16H,2-8,11-15H2,1H3/b;10-9-. The molecule has 0 unspecified atom stereocenters. The van der Waals surface area contributed by atoms with Crippen molar-refractivity contribution in [3.8, 4) is 11.8 Å². The van der Waals surface area contributed by atoms with E-state index in [0.717, 1.165) is 25.7 Å². The molecule has 0 heterocycles. The van der Waals surface area contributed by atoms with Crippen LogP contribution in [0.3, 0.4) is 0 Å². The molecule has 1 heteroatoms. The highest BCUT2D eigenvalue weighted by Gasteiger charge is 1.91. The average Bonchev–Trinajstić information content (AvgIpc) is 2.89. The fourth-order valence-corrected chi connectivity index (χ4v) is 4.35. The van der Waals surface area contributed by atoms with Crippen LogP contribution in [0.4, 0.5) is 0 Å². The minimum atomic E-state index is 0.349. The predicted molar refractivity (Wildman–Crippen MR) is 166 cm³/mol. The number of allylic oxidation sites excluding steroid dienone is 2. The molecule has 0 aromatic rings. The minimum absolute atomic E-state index is 0.349. The van der Waals surface area contributed by atoms with Gasteiger partial charge in [-0.15, -0.1) is 11.8 Å². The molecule has 0 bridgehead atoms. The second-order valence-corrected chi connectivity index (χ2v) is 10.7. The third-order valence-electron chi connectivity index (χ3n) is 6.86. The van der Waals surface area contributed by atoms with E-state index in [2.05, 4.69) is 44.8 Å². The molecule has 0 saturated carbocycles. The van der Waals surface area contributed by atoms with Crippen molar-refractivity contribution < 1.29 is 5.11 Å². The summed E-state index contributed by atoms with van der Waals surface area (Å²) in [5.41, 5.74) is 0. The zero-order valence-electron chi connectivity index (χ0n) is 25.4. The second kappa shape index (κ2) is 38.8. The Balaban J connectivity index is 0. The van der Waals surface area contributed by atoms with Gasteiger partial charge in [0, 0.05) is 19.4 Å². The monoisotopic (exact) mass is 505 g/mol. The van der Waals surface area contributed by atoms with Gasteiger partial charge >= 0.3 is 0 Å². The second-order valence-electron chi connectivity index (χ2n) is 10.7. The van der Waals surface area contributed by atoms with E-state index in [4.69, 9.17) is 5.11 Å². The molecule has 36 heavy (non-hydrogen) atoms. The van der Waals surface area contributed by atoms with Gasteiger partial charge in [0.2, 0.25) is 0 Å². The Bertz CT molecular complexity index is 441. The van der Waals surface area contributed by atoms with Crippen molar-refractivity contribution in [1.82, 2.24) is 0 Å². The topological polar surface area (TPSA) is 20.2 Å². The van der Waals surface area contributed by atoms with Gasteiger partial charge in [0.25, 0.3) is 0 Å². The maximum atomic E-state index is 8.61. The van der Waals surface area contributed by atoms with E-state index in [0.29, 0.717) is 6.61 Å². The van der Waals surface area contributed by atoms with Crippen molar-refractivity contribution in [2.75, 3.05) is 6.61 Å². The number of rotatable bonds is 26. The predicted octanol–water partition coefficient (Wildman–Crippen LogP) is 12.1. The van der Waals surface area contributed by atoms with Crippen LogP contribution in [0, 0.1) is 11.8 Å². The molecule has 0 rings (SSSR count). The first-order chi connectivity index (χ1) is 17.8. The molecule has 0 aliphatic heterocycles. The van der Waals surface area contributed by atoms with Crippen LogP contribution in [0.25, 0.3) is 0 Å². The molecule has 0 spiro atoms. The number of hydrogen-bond donors (Lipinski definition) is 1. The Morgan fingerprint density at radius 2 is 0.694 bits per heavy atom. The van der Waals surface area contributed by atoms with Gasteiger partial charge in [0.05, 0.1) is 0 Å². The van der Waals surface area contributed by atoms with Crippen LogP contribution in [-0.2, 0) is 0 Å². The molecule has 0 atom stereocenters. The van der Waals surface area contributed by atoms with Gasteiger partial charge in [-0.3, -0.25) is 0 Å². The molecule has 0 saturated heterocycles. The number of aliphatic hydroxyl groups is 1. The molecule has 0 aliphatic rings. The van der Waals surface area contributed by atoms with Crippen LogP contribution in [0.5, 0.6) is 0 Å². The highest BCUT2D eigenvalue weighted by molar-refractivity contribution is 4.98. The summed E-state index contributed by atoms with van der Waals surface area (Å²) in [6.07, 6.45) is 40.5. The summed E-state index contributed by atoms with van der Waals surface area (Å²) in [5, 5.41) is 8.61. The van der Waals surface area contributed by atoms with Gasteiger partial charge in [-0.05, 0) is 44.9 Å². The first kappa shape index (κ1) is 37.4. The van der Waals surface area contributed by atoms with Crippen LogP contribution in [0.2, 0.25) is 0 Å². The van der Waals surface area contributed by atoms with Crippen LogP contribution >= 0.6 is 0 Å². The Hall–Kier alpha value is -0.740. The van der Waals surface area contributed by atoms with Gasteiger partial charge in [0.1, 0.15) is 0 Å². The minimum Gasteiger partial charge on any atom is -0.396 e. The quantitative estimate of drug-likeness (QED) is 0.0705. The molecule has 0 amide bonds. The van der Waals surface area contributed by atoms with Crippen LogP contribution < -0.4 is 0 Å². The van der Waals surface area contributed by atoms with Gasteiger partial charge in [-0.1, -0.05) is 148 Å². The van der Waals surface area contributed by atoms with E-state index in [-0.39, 0.29) is 0 Å². The zero-order valence-corrected chi connectivity index (χ0v) is 25.4. The van der Waals surface area contributed by atoms with Gasteiger partial charge < -0.3 is 5.11 Å². The van der Waals surface area contributed by atoms with Gasteiger partial charge in [-0.2, -0.15) is 0 Å². The maximum Gasteiger partial charge on any atom is 0.0431 e. The highest BCUT2D eigenvalue weighted by Crippen LogP contribution is 2.10. The lowest BCUT2D eigenvalue weighted by atomic mass is 10.1. The molecule has 0 aliphatic carbocycles. The van der Waals surface area contributed by atoms with E-state index < -0.39 is 0 Å². The highest BCUT2D eigenvalue weighted by atomic mass is 16.2.